The van der Waals surface area contributed by atoms with Crippen LogP contribution >= 0.6 is 0 Å². The van der Waals surface area contributed by atoms with Crippen LogP contribution in [0.15, 0.2) is 12.2 Å². The van der Waals surface area contributed by atoms with E-state index in [0.29, 0.717) is 5.92 Å². The third kappa shape index (κ3) is 2.84. The highest BCUT2D eigenvalue weighted by Crippen LogP contribution is 2.29. The van der Waals surface area contributed by atoms with Gasteiger partial charge in [0.05, 0.1) is 0 Å². The van der Waals surface area contributed by atoms with Crippen LogP contribution < -0.4 is 5.32 Å². The van der Waals surface area contributed by atoms with Crippen molar-refractivity contribution in [1.29, 1.82) is 0 Å². The summed E-state index contributed by atoms with van der Waals surface area (Å²) in [6.07, 6.45) is 4.45. The molecule has 1 amide bonds. The molecule has 13 heavy (non-hydrogen) atoms. The first kappa shape index (κ1) is 10.3. The Labute approximate surface area is 78.8 Å². The van der Waals surface area contributed by atoms with Crippen molar-refractivity contribution >= 4 is 6.41 Å². The van der Waals surface area contributed by atoms with Crippen molar-refractivity contribution in [3.63, 3.8) is 0 Å². The lowest BCUT2D eigenvalue weighted by atomic mass is 9.80. The first-order valence-electron chi connectivity index (χ1n) is 4.75. The second-order valence-electron chi connectivity index (χ2n) is 3.66. The summed E-state index contributed by atoms with van der Waals surface area (Å²) in [5.74, 6) is 0.417. The summed E-state index contributed by atoms with van der Waals surface area (Å²) < 4.78 is 0. The predicted molar refractivity (Wildman–Crippen MR) is 51.2 cm³/mol. The van der Waals surface area contributed by atoms with Gasteiger partial charge in [-0.1, -0.05) is 12.2 Å². The Hall–Kier alpha value is -0.830. The van der Waals surface area contributed by atoms with Gasteiger partial charge in [-0.25, -0.2) is 0 Å². The van der Waals surface area contributed by atoms with Crippen LogP contribution in [0, 0.1) is 5.92 Å². The number of aliphatic hydroxyl groups is 1. The van der Waals surface area contributed by atoms with Crippen LogP contribution in [-0.4, -0.2) is 24.2 Å². The van der Waals surface area contributed by atoms with Gasteiger partial charge < -0.3 is 10.4 Å². The minimum absolute atomic E-state index is 0.186. The second kappa shape index (κ2) is 5.02. The van der Waals surface area contributed by atoms with E-state index >= 15 is 0 Å². The number of rotatable bonds is 4. The Kier molecular flexibility index (Phi) is 3.96. The zero-order chi connectivity index (χ0) is 9.68. The Morgan fingerprint density at radius 1 is 1.69 bits per heavy atom. The van der Waals surface area contributed by atoms with Crippen molar-refractivity contribution in [1.82, 2.24) is 5.32 Å². The van der Waals surface area contributed by atoms with Crippen LogP contribution in [0.1, 0.15) is 25.7 Å². The van der Waals surface area contributed by atoms with E-state index in [9.17, 15) is 4.79 Å². The minimum atomic E-state index is 0.186. The molecule has 0 aromatic carbocycles. The maximum Gasteiger partial charge on any atom is 0.207 e. The molecular formula is C10H17NO2. The molecule has 0 saturated heterocycles. The number of hydrogen-bond donors (Lipinski definition) is 2. The average Bonchev–Trinajstić information content (AvgIpc) is 2.10. The maximum absolute atomic E-state index is 10.3. The van der Waals surface area contributed by atoms with Gasteiger partial charge in [0.1, 0.15) is 0 Å². The van der Waals surface area contributed by atoms with Gasteiger partial charge in [-0.05, 0) is 31.6 Å². The molecule has 1 aliphatic carbocycles. The minimum Gasteiger partial charge on any atom is -0.396 e. The van der Waals surface area contributed by atoms with E-state index in [1.807, 2.05) is 0 Å². The van der Waals surface area contributed by atoms with E-state index in [0.717, 1.165) is 32.1 Å². The van der Waals surface area contributed by atoms with E-state index in [1.54, 1.807) is 0 Å². The number of carbonyl (C=O) groups excluding carboxylic acids is 1. The van der Waals surface area contributed by atoms with Crippen LogP contribution in [0.25, 0.3) is 0 Å². The second-order valence-corrected chi connectivity index (χ2v) is 3.66. The molecule has 0 bridgehead atoms. The third-order valence-electron chi connectivity index (χ3n) is 2.73. The van der Waals surface area contributed by atoms with Crippen molar-refractivity contribution < 1.29 is 9.90 Å². The van der Waals surface area contributed by atoms with Crippen LogP contribution in [-0.2, 0) is 4.79 Å². The van der Waals surface area contributed by atoms with Crippen molar-refractivity contribution in [2.75, 3.05) is 6.61 Å². The maximum atomic E-state index is 10.3. The number of carbonyl (C=O) groups is 1. The molecule has 3 nitrogen and oxygen atoms in total. The van der Waals surface area contributed by atoms with Gasteiger partial charge in [0.25, 0.3) is 0 Å². The van der Waals surface area contributed by atoms with E-state index in [-0.39, 0.29) is 12.6 Å². The molecule has 1 rings (SSSR count). The molecule has 2 unspecified atom stereocenters. The average molecular weight is 183 g/mol. The lowest BCUT2D eigenvalue weighted by molar-refractivity contribution is -0.110. The Morgan fingerprint density at radius 3 is 3.08 bits per heavy atom. The molecule has 0 spiro atoms. The number of amides is 1. The summed E-state index contributed by atoms with van der Waals surface area (Å²) in [7, 11) is 0. The fourth-order valence-electron chi connectivity index (χ4n) is 1.96. The van der Waals surface area contributed by atoms with Crippen LogP contribution in [0.4, 0.5) is 0 Å². The largest absolute Gasteiger partial charge is 0.396 e. The zero-order valence-corrected chi connectivity index (χ0v) is 7.83. The highest BCUT2D eigenvalue weighted by Gasteiger charge is 2.25. The molecule has 0 aliphatic heterocycles. The third-order valence-corrected chi connectivity index (χ3v) is 2.73. The highest BCUT2D eigenvalue weighted by molar-refractivity contribution is 5.47. The van der Waals surface area contributed by atoms with Crippen molar-refractivity contribution in [3.05, 3.63) is 12.2 Å². The first-order valence-corrected chi connectivity index (χ1v) is 4.75. The van der Waals surface area contributed by atoms with Crippen LogP contribution in [0.2, 0.25) is 0 Å². The molecule has 1 fully saturated rings. The molecule has 3 heteroatoms. The molecule has 2 N–H and O–H groups in total. The van der Waals surface area contributed by atoms with Crippen molar-refractivity contribution in [2.45, 2.75) is 31.7 Å². The van der Waals surface area contributed by atoms with Gasteiger partial charge in [0, 0.05) is 12.6 Å². The normalized spacial score (nSPS) is 28.5. The van der Waals surface area contributed by atoms with E-state index < -0.39 is 0 Å². The van der Waals surface area contributed by atoms with Gasteiger partial charge in [-0.15, -0.1) is 0 Å². The quantitative estimate of drug-likeness (QED) is 0.501. The molecule has 0 aromatic heterocycles. The zero-order valence-electron chi connectivity index (χ0n) is 7.83. The van der Waals surface area contributed by atoms with E-state index in [4.69, 9.17) is 5.11 Å². The summed E-state index contributed by atoms with van der Waals surface area (Å²) in [6, 6.07) is 0.186. The number of aliphatic hydroxyl groups excluding tert-OH is 1. The summed E-state index contributed by atoms with van der Waals surface area (Å²) in [6.45, 7) is 4.13. The molecule has 0 radical (unpaired) electrons. The molecule has 1 aliphatic rings. The smallest absolute Gasteiger partial charge is 0.207 e. The van der Waals surface area contributed by atoms with Gasteiger partial charge in [0.2, 0.25) is 6.41 Å². The van der Waals surface area contributed by atoms with Gasteiger partial charge in [-0.2, -0.15) is 0 Å². The Bertz CT molecular complexity index is 191. The molecule has 0 aromatic rings. The van der Waals surface area contributed by atoms with Gasteiger partial charge >= 0.3 is 0 Å². The van der Waals surface area contributed by atoms with Crippen molar-refractivity contribution in [2.24, 2.45) is 5.92 Å². The van der Waals surface area contributed by atoms with E-state index in [2.05, 4.69) is 11.9 Å². The van der Waals surface area contributed by atoms with Crippen LogP contribution in [0.5, 0.6) is 0 Å². The van der Waals surface area contributed by atoms with Gasteiger partial charge in [-0.3, -0.25) is 4.79 Å². The summed E-state index contributed by atoms with van der Waals surface area (Å²) in [5, 5.41) is 11.6. The van der Waals surface area contributed by atoms with Crippen LogP contribution in [0.3, 0.4) is 0 Å². The predicted octanol–water partition coefficient (Wildman–Crippen LogP) is 0.840. The highest BCUT2D eigenvalue weighted by atomic mass is 16.3. The summed E-state index contributed by atoms with van der Waals surface area (Å²) in [5.41, 5.74) is 1.20. The lowest BCUT2D eigenvalue weighted by Crippen LogP contribution is -2.38. The fourth-order valence-corrected chi connectivity index (χ4v) is 1.96. The standard InChI is InChI=1S/C10H17NO2/c1-8-2-3-9(4-5-12)10(6-8)11-7-13/h7,9-10,12H,1-6H2,(H,11,13). The monoisotopic (exact) mass is 183 g/mol. The molecular weight excluding hydrogens is 166 g/mol. The lowest BCUT2D eigenvalue weighted by Gasteiger charge is -2.31. The Balaban J connectivity index is 2.49. The molecule has 0 heterocycles. The topological polar surface area (TPSA) is 49.3 Å². The summed E-state index contributed by atoms with van der Waals surface area (Å²) >= 11 is 0. The van der Waals surface area contributed by atoms with Gasteiger partial charge in [0.15, 0.2) is 0 Å². The fraction of sp³-hybridized carbons (Fsp3) is 0.700. The first-order chi connectivity index (χ1) is 6.27. The van der Waals surface area contributed by atoms with E-state index in [1.165, 1.54) is 5.57 Å². The Morgan fingerprint density at radius 2 is 2.46 bits per heavy atom. The molecule has 1 saturated carbocycles. The molecule has 2 atom stereocenters. The number of hydrogen-bond acceptors (Lipinski definition) is 2. The molecule has 74 valence electrons. The number of nitrogens with one attached hydrogen (secondary N) is 1. The van der Waals surface area contributed by atoms with Crippen molar-refractivity contribution in [3.8, 4) is 0 Å². The summed E-state index contributed by atoms with van der Waals surface area (Å²) in [4.78, 5) is 10.3. The SMILES string of the molecule is C=C1CCC(CCO)C(NC=O)C1.